The molecule has 30 heavy (non-hydrogen) atoms. The Morgan fingerprint density at radius 2 is 1.90 bits per heavy atom. The lowest BCUT2D eigenvalue weighted by Gasteiger charge is -2.35. The molecule has 7 nitrogen and oxygen atoms in total. The number of pyridine rings is 1. The van der Waals surface area contributed by atoms with E-state index in [0.29, 0.717) is 25.3 Å². The van der Waals surface area contributed by atoms with Crippen LogP contribution in [-0.2, 0) is 12.2 Å². The number of rotatable bonds is 6. The molecule has 1 aliphatic carbocycles. The van der Waals surface area contributed by atoms with Crippen molar-refractivity contribution in [2.75, 3.05) is 37.8 Å². The summed E-state index contributed by atoms with van der Waals surface area (Å²) in [7, 11) is 3.88. The van der Waals surface area contributed by atoms with Gasteiger partial charge in [-0.3, -0.25) is 0 Å². The molecule has 0 aromatic carbocycles. The van der Waals surface area contributed by atoms with Crippen molar-refractivity contribution in [2.45, 2.75) is 43.8 Å². The van der Waals surface area contributed by atoms with E-state index in [9.17, 15) is 0 Å². The predicted molar refractivity (Wildman–Crippen MR) is 116 cm³/mol. The average Bonchev–Trinajstić information content (AvgIpc) is 3.53. The molecule has 0 amide bonds. The minimum Gasteiger partial charge on any atom is -0.373 e. The van der Waals surface area contributed by atoms with Gasteiger partial charge in [0.25, 0.3) is 0 Å². The molecule has 0 bridgehead atoms. The first kappa shape index (κ1) is 19.2. The molecule has 8 heteroatoms. The number of aromatic nitrogens is 4. The molecule has 1 saturated heterocycles. The number of fused-ring (bicyclic) bond motifs is 1. The fourth-order valence-electron chi connectivity index (χ4n) is 4.24. The number of piperidine rings is 1. The van der Waals surface area contributed by atoms with Gasteiger partial charge in [0.15, 0.2) is 0 Å². The van der Waals surface area contributed by atoms with Crippen LogP contribution in [-0.4, -0.2) is 51.4 Å². The number of anilines is 2. The smallest absolute Gasteiger partial charge is 0.143 e. The Labute approximate surface area is 175 Å². The molecule has 5 rings (SSSR count). The van der Waals surface area contributed by atoms with Gasteiger partial charge in [0.1, 0.15) is 29.3 Å². The summed E-state index contributed by atoms with van der Waals surface area (Å²) in [6.07, 6.45) is 9.08. The number of hydrogen-bond donors (Lipinski definition) is 2. The zero-order chi connectivity index (χ0) is 20.7. The first-order valence-electron chi connectivity index (χ1n) is 10.7. The number of nitrogens with one attached hydrogen (secondary N) is 2. The third-order valence-corrected chi connectivity index (χ3v) is 6.31. The van der Waals surface area contributed by atoms with Gasteiger partial charge in [0.2, 0.25) is 0 Å². The van der Waals surface area contributed by atoms with Crippen LogP contribution in [0.2, 0.25) is 0 Å². The normalized spacial score (nSPS) is 19.2. The van der Waals surface area contributed by atoms with E-state index < -0.39 is 5.67 Å². The van der Waals surface area contributed by atoms with Crippen LogP contribution in [0.1, 0.15) is 48.4 Å². The summed E-state index contributed by atoms with van der Waals surface area (Å²) >= 11 is 0. The standard InChI is InChI=1S/C22H28FN7/c1-24-19-10-20(27-14-26-19)25-11-17-13-30-12-16(15-3-4-15)9-18(21(30)28-17)22(23)5-7-29(2)8-6-22/h9-10,12-15H,3-8,11H2,1-2H3,(H2,24,25,26,27). The van der Waals surface area contributed by atoms with Crippen molar-refractivity contribution in [1.29, 1.82) is 0 Å². The second-order valence-electron chi connectivity index (χ2n) is 8.59. The molecule has 1 saturated carbocycles. The van der Waals surface area contributed by atoms with E-state index in [-0.39, 0.29) is 0 Å². The molecule has 0 radical (unpaired) electrons. The third-order valence-electron chi connectivity index (χ3n) is 6.31. The maximum Gasteiger partial charge on any atom is 0.143 e. The van der Waals surface area contributed by atoms with E-state index in [4.69, 9.17) is 4.98 Å². The lowest BCUT2D eigenvalue weighted by Crippen LogP contribution is -2.38. The van der Waals surface area contributed by atoms with E-state index >= 15 is 4.39 Å². The summed E-state index contributed by atoms with van der Waals surface area (Å²) in [5.74, 6) is 2.04. The van der Waals surface area contributed by atoms with Gasteiger partial charge in [0.05, 0.1) is 12.2 Å². The summed E-state index contributed by atoms with van der Waals surface area (Å²) in [4.78, 5) is 15.4. The van der Waals surface area contributed by atoms with Gasteiger partial charge in [0, 0.05) is 44.2 Å². The molecule has 0 atom stereocenters. The Bertz CT molecular complexity index is 1050. The summed E-state index contributed by atoms with van der Waals surface area (Å²) in [6, 6.07) is 3.94. The minimum absolute atomic E-state index is 0.515. The van der Waals surface area contributed by atoms with Crippen molar-refractivity contribution in [3.05, 3.63) is 47.7 Å². The van der Waals surface area contributed by atoms with E-state index in [1.165, 1.54) is 24.7 Å². The fraction of sp³-hybridized carbons (Fsp3) is 0.500. The van der Waals surface area contributed by atoms with Crippen molar-refractivity contribution in [3.8, 4) is 0 Å². The molecule has 2 fully saturated rings. The first-order valence-corrected chi connectivity index (χ1v) is 10.7. The molecule has 1 aliphatic heterocycles. The SMILES string of the molecule is CNc1cc(NCc2cn3cc(C4CC4)cc(C4(F)CCN(C)CC4)c3n2)ncn1. The summed E-state index contributed by atoms with van der Waals surface area (Å²) in [5.41, 5.74) is 2.28. The van der Waals surface area contributed by atoms with Crippen molar-refractivity contribution < 1.29 is 4.39 Å². The fourth-order valence-corrected chi connectivity index (χ4v) is 4.24. The van der Waals surface area contributed by atoms with Crippen molar-refractivity contribution in [3.63, 3.8) is 0 Å². The zero-order valence-corrected chi connectivity index (χ0v) is 17.5. The second-order valence-corrected chi connectivity index (χ2v) is 8.59. The minimum atomic E-state index is -1.32. The van der Waals surface area contributed by atoms with Crippen LogP contribution in [0.4, 0.5) is 16.0 Å². The molecule has 4 heterocycles. The van der Waals surface area contributed by atoms with E-state index in [1.807, 2.05) is 23.7 Å². The summed E-state index contributed by atoms with van der Waals surface area (Å²) in [5, 5.41) is 6.30. The third kappa shape index (κ3) is 3.71. The van der Waals surface area contributed by atoms with Gasteiger partial charge >= 0.3 is 0 Å². The van der Waals surface area contributed by atoms with Gasteiger partial charge in [-0.05, 0) is 50.3 Å². The Balaban J connectivity index is 1.46. The molecular weight excluding hydrogens is 381 g/mol. The molecule has 2 aliphatic rings. The highest BCUT2D eigenvalue weighted by atomic mass is 19.1. The van der Waals surface area contributed by atoms with Gasteiger partial charge in [-0.15, -0.1) is 0 Å². The highest BCUT2D eigenvalue weighted by Crippen LogP contribution is 2.44. The number of likely N-dealkylation sites (tertiary alicyclic amines) is 1. The van der Waals surface area contributed by atoms with Crippen LogP contribution >= 0.6 is 0 Å². The maximum atomic E-state index is 16.1. The Morgan fingerprint density at radius 1 is 1.13 bits per heavy atom. The van der Waals surface area contributed by atoms with Crippen LogP contribution in [0, 0.1) is 0 Å². The number of nitrogens with zero attached hydrogens (tertiary/aromatic N) is 5. The zero-order valence-electron chi connectivity index (χ0n) is 17.5. The molecule has 158 valence electrons. The largest absolute Gasteiger partial charge is 0.373 e. The van der Waals surface area contributed by atoms with Gasteiger partial charge < -0.3 is 19.9 Å². The van der Waals surface area contributed by atoms with Gasteiger partial charge in [-0.2, -0.15) is 0 Å². The predicted octanol–water partition coefficient (Wildman–Crippen LogP) is 3.55. The monoisotopic (exact) mass is 409 g/mol. The number of halogens is 1. The van der Waals surface area contributed by atoms with Crippen LogP contribution in [0.5, 0.6) is 0 Å². The van der Waals surface area contributed by atoms with Crippen molar-refractivity contribution in [2.24, 2.45) is 0 Å². The quantitative estimate of drug-likeness (QED) is 0.649. The number of imidazole rings is 1. The van der Waals surface area contributed by atoms with E-state index in [0.717, 1.165) is 41.6 Å². The lowest BCUT2D eigenvalue weighted by atomic mass is 9.86. The summed E-state index contributed by atoms with van der Waals surface area (Å²) < 4.78 is 18.1. The highest BCUT2D eigenvalue weighted by Gasteiger charge is 2.39. The van der Waals surface area contributed by atoms with Crippen molar-refractivity contribution >= 4 is 17.3 Å². The number of alkyl halides is 1. The highest BCUT2D eigenvalue weighted by molar-refractivity contribution is 5.55. The second kappa shape index (κ2) is 7.50. The molecule has 0 spiro atoms. The lowest BCUT2D eigenvalue weighted by molar-refractivity contribution is 0.0682. The molecule has 2 N–H and O–H groups in total. The summed E-state index contributed by atoms with van der Waals surface area (Å²) in [6.45, 7) is 2.06. The van der Waals surface area contributed by atoms with Crippen molar-refractivity contribution in [1.82, 2.24) is 24.3 Å². The van der Waals surface area contributed by atoms with E-state index in [2.05, 4.69) is 44.8 Å². The molecular formula is C22H28FN7. The van der Waals surface area contributed by atoms with Crippen LogP contribution in [0.25, 0.3) is 5.65 Å². The molecule has 0 unspecified atom stereocenters. The van der Waals surface area contributed by atoms with E-state index in [1.54, 1.807) is 0 Å². The van der Waals surface area contributed by atoms with Crippen LogP contribution in [0.3, 0.4) is 0 Å². The first-order chi connectivity index (χ1) is 14.5. The van der Waals surface area contributed by atoms with Gasteiger partial charge in [-0.25, -0.2) is 19.3 Å². The Morgan fingerprint density at radius 3 is 2.63 bits per heavy atom. The average molecular weight is 410 g/mol. The number of hydrogen-bond acceptors (Lipinski definition) is 6. The maximum absolute atomic E-state index is 16.1. The molecule has 3 aromatic heterocycles. The van der Waals surface area contributed by atoms with Crippen LogP contribution in [0.15, 0.2) is 30.9 Å². The topological polar surface area (TPSA) is 70.4 Å². The Kier molecular flexibility index (Phi) is 4.81. The van der Waals surface area contributed by atoms with Crippen LogP contribution < -0.4 is 10.6 Å². The van der Waals surface area contributed by atoms with Gasteiger partial charge in [-0.1, -0.05) is 0 Å². The molecule has 3 aromatic rings. The Hall–Kier alpha value is -2.74.